The summed E-state index contributed by atoms with van der Waals surface area (Å²) in [4.78, 5) is 23.7. The number of carbonyl (C=O) groups is 2. The number of aromatic carboxylic acids is 1. The fraction of sp³-hybridized carbons (Fsp3) is 0.167. The van der Waals surface area contributed by atoms with E-state index < -0.39 is 5.97 Å². The summed E-state index contributed by atoms with van der Waals surface area (Å²) in [5.74, 6) is -1.12. The van der Waals surface area contributed by atoms with E-state index in [2.05, 4.69) is 41.9 Å². The molecule has 0 saturated heterocycles. The molecule has 0 heterocycles. The Kier molecular flexibility index (Phi) is 6.10. The molecule has 3 aromatic rings. The van der Waals surface area contributed by atoms with E-state index in [1.807, 2.05) is 24.3 Å². The maximum absolute atomic E-state index is 12.7. The van der Waals surface area contributed by atoms with Gasteiger partial charge in [-0.3, -0.25) is 4.79 Å². The van der Waals surface area contributed by atoms with E-state index in [0.717, 1.165) is 22.9 Å². The summed E-state index contributed by atoms with van der Waals surface area (Å²) in [6, 6.07) is 18.0. The maximum atomic E-state index is 12.7. The van der Waals surface area contributed by atoms with Crippen LogP contribution < -0.4 is 0 Å². The minimum Gasteiger partial charge on any atom is -0.478 e. The summed E-state index contributed by atoms with van der Waals surface area (Å²) in [7, 11) is 0. The summed E-state index contributed by atoms with van der Waals surface area (Å²) >= 11 is 3.59. The number of carboxylic acids is 1. The Morgan fingerprint density at radius 3 is 1.64 bits per heavy atom. The van der Waals surface area contributed by atoms with Gasteiger partial charge in [0.05, 0.1) is 5.56 Å². The Morgan fingerprint density at radius 1 is 0.786 bits per heavy atom. The maximum Gasteiger partial charge on any atom is 0.335 e. The predicted octanol–water partition coefficient (Wildman–Crippen LogP) is 6.17. The molecule has 0 atom stereocenters. The zero-order valence-electron chi connectivity index (χ0n) is 15.8. The number of ketones is 1. The third-order valence-corrected chi connectivity index (χ3v) is 5.32. The quantitative estimate of drug-likeness (QED) is 0.469. The molecule has 0 saturated carbocycles. The van der Waals surface area contributed by atoms with Crippen LogP contribution in [-0.4, -0.2) is 16.9 Å². The molecule has 0 unspecified atom stereocenters. The second-order valence-corrected chi connectivity index (χ2v) is 7.51. The van der Waals surface area contributed by atoms with E-state index in [1.54, 1.807) is 12.1 Å². The summed E-state index contributed by atoms with van der Waals surface area (Å²) in [6.07, 6.45) is 1.86. The Labute approximate surface area is 173 Å². The van der Waals surface area contributed by atoms with Crippen LogP contribution in [0.25, 0.3) is 11.1 Å². The highest BCUT2D eigenvalue weighted by Crippen LogP contribution is 2.32. The normalized spacial score (nSPS) is 10.7. The molecule has 0 aliphatic rings. The molecule has 0 aliphatic carbocycles. The smallest absolute Gasteiger partial charge is 0.335 e. The highest BCUT2D eigenvalue weighted by atomic mass is 79.9. The SMILES string of the molecule is CCc1cc(Br)cc(CC)c1-c1ccc(C(=O)c2ccc(C(=O)O)cc2)cc1. The second-order valence-electron chi connectivity index (χ2n) is 6.60. The zero-order valence-corrected chi connectivity index (χ0v) is 17.4. The van der Waals surface area contributed by atoms with Crippen molar-refractivity contribution in [2.45, 2.75) is 26.7 Å². The van der Waals surface area contributed by atoms with Crippen molar-refractivity contribution in [2.75, 3.05) is 0 Å². The molecule has 0 radical (unpaired) electrons. The first-order chi connectivity index (χ1) is 13.4. The van der Waals surface area contributed by atoms with Gasteiger partial charge in [0.25, 0.3) is 0 Å². The number of carboxylic acid groups (broad SMARTS) is 1. The lowest BCUT2D eigenvalue weighted by atomic mass is 9.91. The molecule has 3 aromatic carbocycles. The van der Waals surface area contributed by atoms with Crippen LogP contribution in [0.4, 0.5) is 0 Å². The van der Waals surface area contributed by atoms with Gasteiger partial charge in [-0.05, 0) is 59.4 Å². The molecular weight excluding hydrogens is 416 g/mol. The van der Waals surface area contributed by atoms with Crippen molar-refractivity contribution in [2.24, 2.45) is 0 Å². The highest BCUT2D eigenvalue weighted by Gasteiger charge is 2.13. The van der Waals surface area contributed by atoms with Crippen LogP contribution in [0.15, 0.2) is 65.1 Å². The van der Waals surface area contributed by atoms with Gasteiger partial charge >= 0.3 is 5.97 Å². The van der Waals surface area contributed by atoms with E-state index >= 15 is 0 Å². The molecule has 0 amide bonds. The van der Waals surface area contributed by atoms with E-state index in [1.165, 1.54) is 28.8 Å². The Morgan fingerprint density at radius 2 is 1.21 bits per heavy atom. The fourth-order valence-corrected chi connectivity index (χ4v) is 3.93. The van der Waals surface area contributed by atoms with E-state index in [9.17, 15) is 9.59 Å². The van der Waals surface area contributed by atoms with Crippen molar-refractivity contribution in [3.63, 3.8) is 0 Å². The van der Waals surface area contributed by atoms with Gasteiger partial charge in [0.2, 0.25) is 0 Å². The van der Waals surface area contributed by atoms with Crippen molar-refractivity contribution in [3.05, 3.63) is 93.0 Å². The average molecular weight is 437 g/mol. The second kappa shape index (κ2) is 8.53. The van der Waals surface area contributed by atoms with E-state index in [-0.39, 0.29) is 11.3 Å². The number of hydrogen-bond acceptors (Lipinski definition) is 2. The Hall–Kier alpha value is -2.72. The molecule has 0 aromatic heterocycles. The number of rotatable bonds is 6. The molecule has 0 bridgehead atoms. The van der Waals surface area contributed by atoms with E-state index in [4.69, 9.17) is 5.11 Å². The topological polar surface area (TPSA) is 54.4 Å². The van der Waals surface area contributed by atoms with Gasteiger partial charge < -0.3 is 5.11 Å². The van der Waals surface area contributed by atoms with Crippen LogP contribution in [0.2, 0.25) is 0 Å². The lowest BCUT2D eigenvalue weighted by molar-refractivity contribution is 0.0696. The van der Waals surface area contributed by atoms with Crippen LogP contribution in [0.5, 0.6) is 0 Å². The summed E-state index contributed by atoms with van der Waals surface area (Å²) in [5, 5.41) is 8.98. The first-order valence-electron chi connectivity index (χ1n) is 9.24. The van der Waals surface area contributed by atoms with Gasteiger partial charge in [0, 0.05) is 15.6 Å². The molecule has 142 valence electrons. The lowest BCUT2D eigenvalue weighted by Gasteiger charge is -2.15. The number of hydrogen-bond donors (Lipinski definition) is 1. The summed E-state index contributed by atoms with van der Waals surface area (Å²) < 4.78 is 1.08. The molecule has 0 spiro atoms. The molecule has 0 aliphatic heterocycles. The average Bonchev–Trinajstić information content (AvgIpc) is 2.72. The standard InChI is InChI=1S/C24H21BrO3/c1-3-15-13-21(25)14-16(4-2)22(15)17-5-7-18(8-6-17)23(26)19-9-11-20(12-10-19)24(27)28/h5-14H,3-4H2,1-2H3,(H,27,28). The van der Waals surface area contributed by atoms with Gasteiger partial charge in [-0.1, -0.05) is 66.2 Å². The van der Waals surface area contributed by atoms with Crippen LogP contribution in [0.3, 0.4) is 0 Å². The van der Waals surface area contributed by atoms with Gasteiger partial charge in [-0.25, -0.2) is 4.79 Å². The molecule has 3 rings (SSSR count). The van der Waals surface area contributed by atoms with Crippen molar-refractivity contribution in [3.8, 4) is 11.1 Å². The Balaban J connectivity index is 1.94. The summed E-state index contributed by atoms with van der Waals surface area (Å²) in [5.41, 5.74) is 6.10. The number of aryl methyl sites for hydroxylation is 2. The van der Waals surface area contributed by atoms with Crippen molar-refractivity contribution < 1.29 is 14.7 Å². The Bertz CT molecular complexity index is 994. The van der Waals surface area contributed by atoms with Crippen LogP contribution in [0.1, 0.15) is 51.3 Å². The zero-order chi connectivity index (χ0) is 20.3. The largest absolute Gasteiger partial charge is 0.478 e. The third-order valence-electron chi connectivity index (χ3n) is 4.86. The van der Waals surface area contributed by atoms with Crippen molar-refractivity contribution >= 4 is 27.7 Å². The van der Waals surface area contributed by atoms with Gasteiger partial charge in [0.1, 0.15) is 0 Å². The third kappa shape index (κ3) is 4.07. The van der Waals surface area contributed by atoms with Crippen LogP contribution in [-0.2, 0) is 12.8 Å². The first-order valence-corrected chi connectivity index (χ1v) is 10.0. The molecular formula is C24H21BrO3. The molecule has 0 fully saturated rings. The van der Waals surface area contributed by atoms with E-state index in [0.29, 0.717) is 11.1 Å². The van der Waals surface area contributed by atoms with Gasteiger partial charge in [-0.2, -0.15) is 0 Å². The minimum absolute atomic E-state index is 0.120. The number of carbonyl (C=O) groups excluding carboxylic acids is 1. The minimum atomic E-state index is -1.00. The van der Waals surface area contributed by atoms with Crippen LogP contribution in [0, 0.1) is 0 Å². The number of benzene rings is 3. The summed E-state index contributed by atoms with van der Waals surface area (Å²) in [6.45, 7) is 4.28. The highest BCUT2D eigenvalue weighted by molar-refractivity contribution is 9.10. The molecule has 3 nitrogen and oxygen atoms in total. The number of halogens is 1. The van der Waals surface area contributed by atoms with Crippen molar-refractivity contribution in [1.82, 2.24) is 0 Å². The monoisotopic (exact) mass is 436 g/mol. The lowest BCUT2D eigenvalue weighted by Crippen LogP contribution is -2.03. The first kappa shape index (κ1) is 20.0. The molecule has 1 N–H and O–H groups in total. The fourth-order valence-electron chi connectivity index (χ4n) is 3.37. The molecule has 4 heteroatoms. The van der Waals surface area contributed by atoms with Gasteiger partial charge in [0.15, 0.2) is 5.78 Å². The van der Waals surface area contributed by atoms with Crippen molar-refractivity contribution in [1.29, 1.82) is 0 Å². The molecule has 28 heavy (non-hydrogen) atoms. The van der Waals surface area contributed by atoms with Gasteiger partial charge in [-0.15, -0.1) is 0 Å². The van der Waals surface area contributed by atoms with Crippen LogP contribution >= 0.6 is 15.9 Å². The predicted molar refractivity (Wildman–Crippen MR) is 115 cm³/mol.